The third kappa shape index (κ3) is 2.36. The summed E-state index contributed by atoms with van der Waals surface area (Å²) in [6, 6.07) is 0.0520. The SMILES string of the molecule is CCn1ncc(Cl)c1C(NC)c1cnc(C)s1. The third-order valence-electron chi connectivity index (χ3n) is 2.62. The Hall–Kier alpha value is -0.910. The fourth-order valence-electron chi connectivity index (χ4n) is 1.84. The van der Waals surface area contributed by atoms with Gasteiger partial charge in [0.1, 0.15) is 0 Å². The first-order valence-corrected chi connectivity index (χ1v) is 6.67. The first-order chi connectivity index (χ1) is 8.17. The van der Waals surface area contributed by atoms with Crippen LogP contribution in [-0.2, 0) is 6.54 Å². The van der Waals surface area contributed by atoms with Crippen LogP contribution in [0.1, 0.15) is 28.5 Å². The van der Waals surface area contributed by atoms with Crippen molar-refractivity contribution in [2.75, 3.05) is 7.05 Å². The van der Waals surface area contributed by atoms with Gasteiger partial charge in [-0.1, -0.05) is 11.6 Å². The van der Waals surface area contributed by atoms with E-state index in [0.29, 0.717) is 5.02 Å². The third-order valence-corrected chi connectivity index (χ3v) is 3.89. The van der Waals surface area contributed by atoms with Gasteiger partial charge in [0, 0.05) is 17.6 Å². The van der Waals surface area contributed by atoms with E-state index in [1.807, 2.05) is 24.9 Å². The summed E-state index contributed by atoms with van der Waals surface area (Å²) in [7, 11) is 1.92. The zero-order valence-corrected chi connectivity index (χ0v) is 11.6. The molecular formula is C11H15ClN4S. The lowest BCUT2D eigenvalue weighted by atomic mass is 10.2. The lowest BCUT2D eigenvalue weighted by molar-refractivity contribution is 0.567. The van der Waals surface area contributed by atoms with Crippen molar-refractivity contribution in [3.63, 3.8) is 0 Å². The van der Waals surface area contributed by atoms with Crippen LogP contribution in [0.4, 0.5) is 0 Å². The van der Waals surface area contributed by atoms with Gasteiger partial charge in [-0.3, -0.25) is 4.68 Å². The number of aromatic nitrogens is 3. The average molecular weight is 271 g/mol. The Morgan fingerprint density at radius 3 is 2.82 bits per heavy atom. The van der Waals surface area contributed by atoms with Crippen molar-refractivity contribution < 1.29 is 0 Å². The van der Waals surface area contributed by atoms with Gasteiger partial charge in [-0.25, -0.2) is 4.98 Å². The number of halogens is 1. The van der Waals surface area contributed by atoms with Gasteiger partial charge in [0.2, 0.25) is 0 Å². The van der Waals surface area contributed by atoms with Gasteiger partial charge in [0.25, 0.3) is 0 Å². The molecule has 0 amide bonds. The summed E-state index contributed by atoms with van der Waals surface area (Å²) in [5.74, 6) is 0. The van der Waals surface area contributed by atoms with Gasteiger partial charge >= 0.3 is 0 Å². The van der Waals surface area contributed by atoms with Crippen molar-refractivity contribution in [3.8, 4) is 0 Å². The molecule has 17 heavy (non-hydrogen) atoms. The number of hydrogen-bond donors (Lipinski definition) is 1. The Kier molecular flexibility index (Phi) is 3.81. The maximum atomic E-state index is 6.21. The molecule has 1 atom stereocenters. The number of nitrogens with one attached hydrogen (secondary N) is 1. The Morgan fingerprint density at radius 1 is 1.53 bits per heavy atom. The van der Waals surface area contributed by atoms with Crippen LogP contribution >= 0.6 is 22.9 Å². The van der Waals surface area contributed by atoms with Crippen molar-refractivity contribution in [2.24, 2.45) is 0 Å². The largest absolute Gasteiger partial charge is 0.307 e. The molecule has 0 radical (unpaired) electrons. The minimum Gasteiger partial charge on any atom is -0.307 e. The molecule has 0 aliphatic carbocycles. The molecule has 2 aromatic heterocycles. The van der Waals surface area contributed by atoms with Crippen LogP contribution in [0.25, 0.3) is 0 Å². The van der Waals surface area contributed by atoms with Crippen molar-refractivity contribution in [3.05, 3.63) is 33.0 Å². The summed E-state index contributed by atoms with van der Waals surface area (Å²) in [6.45, 7) is 4.86. The lowest BCUT2D eigenvalue weighted by Gasteiger charge is -2.16. The molecule has 0 fully saturated rings. The van der Waals surface area contributed by atoms with E-state index in [-0.39, 0.29) is 6.04 Å². The van der Waals surface area contributed by atoms with Crippen LogP contribution in [0.2, 0.25) is 5.02 Å². The number of hydrogen-bond acceptors (Lipinski definition) is 4. The van der Waals surface area contributed by atoms with Crippen molar-refractivity contribution in [1.82, 2.24) is 20.1 Å². The topological polar surface area (TPSA) is 42.7 Å². The molecule has 0 saturated heterocycles. The van der Waals surface area contributed by atoms with Gasteiger partial charge < -0.3 is 5.32 Å². The van der Waals surface area contributed by atoms with Crippen molar-refractivity contribution in [1.29, 1.82) is 0 Å². The highest BCUT2D eigenvalue weighted by Gasteiger charge is 2.21. The summed E-state index contributed by atoms with van der Waals surface area (Å²) in [6.07, 6.45) is 3.59. The smallest absolute Gasteiger partial charge is 0.0897 e. The standard InChI is InChI=1S/C11H15ClN4S/c1-4-16-11(8(12)5-15-16)10(13-3)9-6-14-7(2)17-9/h5-6,10,13H,4H2,1-3H3. The second kappa shape index (κ2) is 5.16. The molecule has 0 aromatic carbocycles. The summed E-state index contributed by atoms with van der Waals surface area (Å²) in [5.41, 5.74) is 1.00. The first kappa shape index (κ1) is 12.5. The highest BCUT2D eigenvalue weighted by atomic mass is 35.5. The molecule has 0 spiro atoms. The van der Waals surface area contributed by atoms with E-state index in [9.17, 15) is 0 Å². The molecule has 2 aromatic rings. The Morgan fingerprint density at radius 2 is 2.29 bits per heavy atom. The molecule has 2 rings (SSSR count). The normalized spacial score (nSPS) is 12.9. The van der Waals surface area contributed by atoms with E-state index in [1.165, 1.54) is 0 Å². The number of nitrogens with zero attached hydrogens (tertiary/aromatic N) is 3. The fraction of sp³-hybridized carbons (Fsp3) is 0.455. The molecule has 0 aliphatic rings. The molecule has 4 nitrogen and oxygen atoms in total. The Labute approximate surface area is 110 Å². The molecule has 92 valence electrons. The Balaban J connectivity index is 2.44. The summed E-state index contributed by atoms with van der Waals surface area (Å²) < 4.78 is 1.92. The van der Waals surface area contributed by atoms with E-state index in [4.69, 9.17) is 11.6 Å². The number of thiazole rings is 1. The van der Waals surface area contributed by atoms with Gasteiger partial charge in [-0.05, 0) is 20.9 Å². The molecule has 1 N–H and O–H groups in total. The average Bonchev–Trinajstić information content (AvgIpc) is 2.89. The van der Waals surface area contributed by atoms with Crippen LogP contribution in [0.5, 0.6) is 0 Å². The quantitative estimate of drug-likeness (QED) is 0.929. The van der Waals surface area contributed by atoms with Crippen molar-refractivity contribution >= 4 is 22.9 Å². The van der Waals surface area contributed by atoms with Crippen LogP contribution < -0.4 is 5.32 Å². The van der Waals surface area contributed by atoms with Crippen LogP contribution in [0.3, 0.4) is 0 Å². The highest BCUT2D eigenvalue weighted by molar-refractivity contribution is 7.11. The van der Waals surface area contributed by atoms with E-state index in [0.717, 1.165) is 22.1 Å². The van der Waals surface area contributed by atoms with Crippen molar-refractivity contribution in [2.45, 2.75) is 26.4 Å². The lowest BCUT2D eigenvalue weighted by Crippen LogP contribution is -2.20. The van der Waals surface area contributed by atoms with E-state index in [2.05, 4.69) is 22.3 Å². The van der Waals surface area contributed by atoms with E-state index >= 15 is 0 Å². The fourth-order valence-corrected chi connectivity index (χ4v) is 2.99. The van der Waals surface area contributed by atoms with Gasteiger partial charge in [0.15, 0.2) is 0 Å². The number of rotatable bonds is 4. The first-order valence-electron chi connectivity index (χ1n) is 5.48. The maximum Gasteiger partial charge on any atom is 0.0897 e. The molecule has 0 saturated carbocycles. The maximum absolute atomic E-state index is 6.21. The summed E-state index contributed by atoms with van der Waals surface area (Å²) in [5, 5.41) is 9.29. The predicted molar refractivity (Wildman–Crippen MR) is 70.7 cm³/mol. The van der Waals surface area contributed by atoms with Gasteiger partial charge in [0.05, 0.1) is 28.0 Å². The molecular weight excluding hydrogens is 256 g/mol. The second-order valence-corrected chi connectivity index (χ2v) is 5.37. The minimum absolute atomic E-state index is 0.0520. The second-order valence-electron chi connectivity index (χ2n) is 3.70. The van der Waals surface area contributed by atoms with E-state index in [1.54, 1.807) is 17.5 Å². The van der Waals surface area contributed by atoms with Crippen LogP contribution in [0, 0.1) is 6.92 Å². The Bertz CT molecular complexity index is 505. The summed E-state index contributed by atoms with van der Waals surface area (Å²) in [4.78, 5) is 5.44. The van der Waals surface area contributed by atoms with Crippen LogP contribution in [0.15, 0.2) is 12.4 Å². The zero-order valence-electron chi connectivity index (χ0n) is 10.1. The minimum atomic E-state index is 0.0520. The molecule has 6 heteroatoms. The van der Waals surface area contributed by atoms with Gasteiger partial charge in [-0.15, -0.1) is 11.3 Å². The zero-order chi connectivity index (χ0) is 12.4. The predicted octanol–water partition coefficient (Wildman–Crippen LogP) is 2.63. The molecule has 0 aliphatic heterocycles. The molecule has 1 unspecified atom stereocenters. The van der Waals surface area contributed by atoms with E-state index < -0.39 is 0 Å². The summed E-state index contributed by atoms with van der Waals surface area (Å²) >= 11 is 7.89. The monoisotopic (exact) mass is 270 g/mol. The molecule has 2 heterocycles. The van der Waals surface area contributed by atoms with Gasteiger partial charge in [-0.2, -0.15) is 5.10 Å². The number of aryl methyl sites for hydroxylation is 2. The van der Waals surface area contributed by atoms with Crippen LogP contribution in [-0.4, -0.2) is 21.8 Å². The highest BCUT2D eigenvalue weighted by Crippen LogP contribution is 2.30. The molecule has 0 bridgehead atoms.